The van der Waals surface area contributed by atoms with Crippen LogP contribution in [0.3, 0.4) is 0 Å². The summed E-state index contributed by atoms with van der Waals surface area (Å²) in [6.07, 6.45) is 5.87. The summed E-state index contributed by atoms with van der Waals surface area (Å²) in [6.45, 7) is 11.5. The predicted octanol–water partition coefficient (Wildman–Crippen LogP) is 4.60. The van der Waals surface area contributed by atoms with Crippen LogP contribution >= 0.6 is 11.3 Å². The number of aromatic nitrogens is 4. The Labute approximate surface area is 272 Å². The quantitative estimate of drug-likeness (QED) is 0.314. The van der Waals surface area contributed by atoms with Gasteiger partial charge in [-0.15, -0.1) is 0 Å². The van der Waals surface area contributed by atoms with E-state index in [1.807, 2.05) is 47.2 Å². The predicted molar refractivity (Wildman–Crippen MR) is 175 cm³/mol. The number of anilines is 1. The lowest BCUT2D eigenvalue weighted by atomic mass is 10.1. The monoisotopic (exact) mass is 647 g/mol. The van der Waals surface area contributed by atoms with Gasteiger partial charge in [0.25, 0.3) is 11.8 Å². The lowest BCUT2D eigenvalue weighted by Crippen LogP contribution is -2.36. The van der Waals surface area contributed by atoms with Crippen molar-refractivity contribution in [3.8, 4) is 17.1 Å². The molecule has 0 radical (unpaired) electrons. The van der Waals surface area contributed by atoms with Crippen molar-refractivity contribution in [3.63, 3.8) is 0 Å². The number of hydrogen-bond acceptors (Lipinski definition) is 10. The van der Waals surface area contributed by atoms with Crippen molar-refractivity contribution >= 4 is 28.3 Å². The van der Waals surface area contributed by atoms with Gasteiger partial charge in [-0.2, -0.15) is 0 Å². The van der Waals surface area contributed by atoms with Crippen molar-refractivity contribution < 1.29 is 23.6 Å². The third-order valence-corrected chi connectivity index (χ3v) is 9.65. The third-order valence-electron chi connectivity index (χ3n) is 8.45. The van der Waals surface area contributed by atoms with Gasteiger partial charge in [-0.3, -0.25) is 9.59 Å². The molecule has 244 valence electrons. The summed E-state index contributed by atoms with van der Waals surface area (Å²) >= 11 is 1.46. The largest absolute Gasteiger partial charge is 0.494 e. The fourth-order valence-electron chi connectivity index (χ4n) is 5.94. The van der Waals surface area contributed by atoms with Crippen LogP contribution in [0.5, 0.6) is 5.75 Å². The van der Waals surface area contributed by atoms with Crippen LogP contribution in [-0.4, -0.2) is 100 Å². The SMILES string of the molecule is Cc1nc(N2CCOCC2)sc1C(=O)N1CCCCN(C(=O)c2c(C)noc2C)CCCOc2cccc(c2)-c2nccn2CC1. The molecular weight excluding hydrogens is 606 g/mol. The Morgan fingerprint density at radius 3 is 2.37 bits per heavy atom. The molecule has 1 aromatic carbocycles. The molecule has 2 bridgehead atoms. The van der Waals surface area contributed by atoms with E-state index >= 15 is 0 Å². The van der Waals surface area contributed by atoms with Crippen molar-refractivity contribution in [2.75, 3.05) is 64.0 Å². The second-order valence-electron chi connectivity index (χ2n) is 11.7. The number of carbonyl (C=O) groups excluding carboxylic acids is 2. The third kappa shape index (κ3) is 7.10. The van der Waals surface area contributed by atoms with E-state index in [9.17, 15) is 9.59 Å². The second kappa shape index (κ2) is 14.5. The van der Waals surface area contributed by atoms with Gasteiger partial charge in [0.1, 0.15) is 27.8 Å². The van der Waals surface area contributed by atoms with Crippen molar-refractivity contribution in [2.45, 2.75) is 46.6 Å². The summed E-state index contributed by atoms with van der Waals surface area (Å²) in [5.41, 5.74) is 2.79. The molecule has 2 amide bonds. The normalized spacial score (nSPS) is 16.9. The summed E-state index contributed by atoms with van der Waals surface area (Å²) in [4.78, 5) is 43.8. The van der Waals surface area contributed by atoms with E-state index in [1.165, 1.54) is 11.3 Å². The van der Waals surface area contributed by atoms with E-state index in [-0.39, 0.29) is 11.8 Å². The molecule has 0 saturated carbocycles. The molecule has 6 rings (SSSR count). The standard InChI is InChI=1S/C33H41N7O5S/c1-23-28(25(3)45-36-23)31(41)38-11-4-5-12-39(32(42)29-24(2)35-33(46-29)40-17-20-43-21-18-40)16-15-37-14-10-34-30(37)26-8-6-9-27(22-26)44-19-7-13-38/h6,8-10,14,22H,4-5,7,11-13,15-21H2,1-3H3. The zero-order valence-electron chi connectivity index (χ0n) is 26.7. The first-order valence-corrected chi connectivity index (χ1v) is 16.8. The molecule has 12 nitrogen and oxygen atoms in total. The van der Waals surface area contributed by atoms with Crippen LogP contribution in [0.15, 0.2) is 41.2 Å². The van der Waals surface area contributed by atoms with Gasteiger partial charge in [0.15, 0.2) is 5.13 Å². The molecule has 4 aromatic rings. The molecule has 13 heteroatoms. The Morgan fingerprint density at radius 1 is 0.848 bits per heavy atom. The summed E-state index contributed by atoms with van der Waals surface area (Å²) in [7, 11) is 0. The van der Waals surface area contributed by atoms with Gasteiger partial charge in [-0.1, -0.05) is 28.6 Å². The lowest BCUT2D eigenvalue weighted by molar-refractivity contribution is 0.0714. The summed E-state index contributed by atoms with van der Waals surface area (Å²) in [5, 5.41) is 4.86. The summed E-state index contributed by atoms with van der Waals surface area (Å²) in [6, 6.07) is 7.89. The van der Waals surface area contributed by atoms with Gasteiger partial charge in [-0.05, 0) is 52.2 Å². The van der Waals surface area contributed by atoms with Crippen LogP contribution in [0.1, 0.15) is 56.4 Å². The van der Waals surface area contributed by atoms with Gasteiger partial charge in [0.2, 0.25) is 0 Å². The highest BCUT2D eigenvalue weighted by Crippen LogP contribution is 2.29. The van der Waals surface area contributed by atoms with E-state index in [0.717, 1.165) is 53.9 Å². The van der Waals surface area contributed by atoms with Crippen molar-refractivity contribution in [2.24, 2.45) is 0 Å². The number of hydrogen-bond donors (Lipinski definition) is 0. The number of ether oxygens (including phenoxy) is 2. The van der Waals surface area contributed by atoms with E-state index in [4.69, 9.17) is 19.0 Å². The molecule has 0 N–H and O–H groups in total. The van der Waals surface area contributed by atoms with Gasteiger partial charge in [0, 0.05) is 63.8 Å². The second-order valence-corrected chi connectivity index (χ2v) is 12.7. The van der Waals surface area contributed by atoms with Gasteiger partial charge < -0.3 is 33.3 Å². The smallest absolute Gasteiger partial charge is 0.265 e. The maximum absolute atomic E-state index is 14.1. The topological polar surface area (TPSA) is 119 Å². The zero-order valence-corrected chi connectivity index (χ0v) is 27.6. The van der Waals surface area contributed by atoms with Crippen LogP contribution in [0.25, 0.3) is 11.4 Å². The van der Waals surface area contributed by atoms with Crippen molar-refractivity contribution in [1.29, 1.82) is 0 Å². The highest BCUT2D eigenvalue weighted by atomic mass is 32.1. The maximum atomic E-state index is 14.1. The van der Waals surface area contributed by atoms with E-state index in [0.29, 0.717) is 80.9 Å². The van der Waals surface area contributed by atoms with E-state index in [2.05, 4.69) is 19.6 Å². The first-order valence-electron chi connectivity index (χ1n) is 15.9. The molecule has 1 saturated heterocycles. The average Bonchev–Trinajstić information content (AvgIpc) is 3.79. The number of thiazole rings is 1. The zero-order chi connectivity index (χ0) is 32.0. The Kier molecular flexibility index (Phi) is 9.98. The van der Waals surface area contributed by atoms with Crippen molar-refractivity contribution in [1.82, 2.24) is 29.5 Å². The van der Waals surface area contributed by atoms with Crippen LogP contribution in [0, 0.1) is 20.8 Å². The Balaban J connectivity index is 1.25. The Bertz CT molecular complexity index is 1640. The summed E-state index contributed by atoms with van der Waals surface area (Å²) in [5.74, 6) is 1.97. The number of fused-ring (bicyclic) bond motifs is 4. The highest BCUT2D eigenvalue weighted by molar-refractivity contribution is 7.17. The molecule has 0 atom stereocenters. The number of aryl methyl sites for hydroxylation is 3. The Hall–Kier alpha value is -4.23. The number of rotatable bonds is 3. The highest BCUT2D eigenvalue weighted by Gasteiger charge is 2.26. The molecule has 0 unspecified atom stereocenters. The minimum atomic E-state index is -0.0922. The molecule has 1 fully saturated rings. The fourth-order valence-corrected chi connectivity index (χ4v) is 7.03. The number of amides is 2. The number of imidazole rings is 1. The van der Waals surface area contributed by atoms with E-state index in [1.54, 1.807) is 20.0 Å². The number of carbonyl (C=O) groups is 2. The van der Waals surface area contributed by atoms with Gasteiger partial charge in [0.05, 0.1) is 31.2 Å². The molecular formula is C33H41N7O5S. The van der Waals surface area contributed by atoms with Crippen LogP contribution < -0.4 is 9.64 Å². The minimum Gasteiger partial charge on any atom is -0.494 e. The van der Waals surface area contributed by atoms with Gasteiger partial charge >= 0.3 is 0 Å². The average molecular weight is 648 g/mol. The molecule has 0 spiro atoms. The molecule has 3 aromatic heterocycles. The molecule has 2 aliphatic heterocycles. The number of benzene rings is 1. The number of nitrogens with zero attached hydrogens (tertiary/aromatic N) is 7. The number of morpholine rings is 1. The minimum absolute atomic E-state index is 0.0202. The Morgan fingerprint density at radius 2 is 1.61 bits per heavy atom. The van der Waals surface area contributed by atoms with Crippen LogP contribution in [-0.2, 0) is 11.3 Å². The first-order chi connectivity index (χ1) is 22.4. The lowest BCUT2D eigenvalue weighted by Gasteiger charge is -2.26. The van der Waals surface area contributed by atoms with Crippen LogP contribution in [0.2, 0.25) is 0 Å². The molecule has 5 heterocycles. The van der Waals surface area contributed by atoms with Gasteiger partial charge in [-0.25, -0.2) is 9.97 Å². The van der Waals surface area contributed by atoms with Crippen LogP contribution in [0.4, 0.5) is 5.13 Å². The fraction of sp³-hybridized carbons (Fsp3) is 0.485. The van der Waals surface area contributed by atoms with E-state index < -0.39 is 0 Å². The molecule has 0 aliphatic carbocycles. The molecule has 46 heavy (non-hydrogen) atoms. The molecule has 2 aliphatic rings. The van der Waals surface area contributed by atoms with Crippen molar-refractivity contribution in [3.05, 3.63) is 64.2 Å². The summed E-state index contributed by atoms with van der Waals surface area (Å²) < 4.78 is 19.0. The maximum Gasteiger partial charge on any atom is 0.265 e. The first kappa shape index (κ1) is 31.7.